The Balaban J connectivity index is 1.47. The SMILES string of the molecule is CCC(C)c1cc(C(=O)NC2CCN(SN3CCCCC3)C(C)C2)no1. The van der Waals surface area contributed by atoms with Gasteiger partial charge in [0, 0.05) is 55.8 Å². The van der Waals surface area contributed by atoms with E-state index in [0.29, 0.717) is 17.7 Å². The third kappa shape index (κ3) is 5.02. The summed E-state index contributed by atoms with van der Waals surface area (Å²) in [6, 6.07) is 2.45. The molecule has 146 valence electrons. The molecule has 1 amide bonds. The predicted octanol–water partition coefficient (Wildman–Crippen LogP) is 3.82. The Labute approximate surface area is 161 Å². The number of hydrogen-bond acceptors (Lipinski definition) is 6. The van der Waals surface area contributed by atoms with Crippen LogP contribution >= 0.6 is 12.1 Å². The van der Waals surface area contributed by atoms with Gasteiger partial charge in [-0.25, -0.2) is 8.61 Å². The van der Waals surface area contributed by atoms with Gasteiger partial charge in [-0.3, -0.25) is 4.79 Å². The minimum Gasteiger partial charge on any atom is -0.360 e. The maximum Gasteiger partial charge on any atom is 0.273 e. The number of nitrogens with zero attached hydrogens (tertiary/aromatic N) is 3. The van der Waals surface area contributed by atoms with Gasteiger partial charge in [0.2, 0.25) is 0 Å². The molecule has 7 heteroatoms. The summed E-state index contributed by atoms with van der Waals surface area (Å²) in [5, 5.41) is 7.10. The van der Waals surface area contributed by atoms with Gasteiger partial charge in [-0.05, 0) is 39.0 Å². The molecule has 0 aromatic carbocycles. The second-order valence-corrected chi connectivity index (χ2v) is 8.83. The third-order valence-corrected chi connectivity index (χ3v) is 6.89. The van der Waals surface area contributed by atoms with Gasteiger partial charge in [0.15, 0.2) is 5.69 Å². The van der Waals surface area contributed by atoms with Crippen molar-refractivity contribution in [3.05, 3.63) is 17.5 Å². The fourth-order valence-corrected chi connectivity index (χ4v) is 4.74. The molecule has 3 unspecified atom stereocenters. The summed E-state index contributed by atoms with van der Waals surface area (Å²) in [6.45, 7) is 9.83. The average Bonchev–Trinajstić information content (AvgIpc) is 3.14. The monoisotopic (exact) mass is 380 g/mol. The van der Waals surface area contributed by atoms with Crippen molar-refractivity contribution in [1.29, 1.82) is 0 Å². The van der Waals surface area contributed by atoms with E-state index >= 15 is 0 Å². The number of carbonyl (C=O) groups is 1. The minimum atomic E-state index is -0.113. The number of nitrogens with one attached hydrogen (secondary N) is 1. The van der Waals surface area contributed by atoms with Crippen molar-refractivity contribution in [1.82, 2.24) is 19.1 Å². The third-order valence-electron chi connectivity index (χ3n) is 5.54. The fourth-order valence-electron chi connectivity index (χ4n) is 3.59. The van der Waals surface area contributed by atoms with Crippen molar-refractivity contribution in [2.75, 3.05) is 19.6 Å². The Morgan fingerprint density at radius 3 is 2.85 bits per heavy atom. The summed E-state index contributed by atoms with van der Waals surface area (Å²) in [4.78, 5) is 12.5. The van der Waals surface area contributed by atoms with E-state index in [1.165, 1.54) is 32.4 Å². The van der Waals surface area contributed by atoms with E-state index < -0.39 is 0 Å². The minimum absolute atomic E-state index is 0.113. The van der Waals surface area contributed by atoms with Crippen molar-refractivity contribution in [2.45, 2.75) is 77.3 Å². The normalized spacial score (nSPS) is 26.6. The van der Waals surface area contributed by atoms with Gasteiger partial charge in [0.25, 0.3) is 5.91 Å². The van der Waals surface area contributed by atoms with E-state index in [1.54, 1.807) is 6.07 Å². The standard InChI is InChI=1S/C19H32N4O2S/c1-4-14(2)18-13-17(21-25-18)19(24)20-16-8-11-23(15(3)12-16)26-22-9-6-5-7-10-22/h13-16H,4-12H2,1-3H3,(H,20,24). The van der Waals surface area contributed by atoms with Gasteiger partial charge < -0.3 is 9.84 Å². The molecular weight excluding hydrogens is 348 g/mol. The molecule has 0 aliphatic carbocycles. The quantitative estimate of drug-likeness (QED) is 0.757. The molecular formula is C19H32N4O2S. The van der Waals surface area contributed by atoms with Crippen LogP contribution in [0, 0.1) is 0 Å². The van der Waals surface area contributed by atoms with Crippen LogP contribution in [0.3, 0.4) is 0 Å². The molecule has 0 saturated carbocycles. The van der Waals surface area contributed by atoms with Crippen LogP contribution in [0.5, 0.6) is 0 Å². The smallest absolute Gasteiger partial charge is 0.273 e. The van der Waals surface area contributed by atoms with Crippen LogP contribution in [0.4, 0.5) is 0 Å². The Morgan fingerprint density at radius 2 is 2.15 bits per heavy atom. The highest BCUT2D eigenvalue weighted by Crippen LogP contribution is 2.29. The lowest BCUT2D eigenvalue weighted by atomic mass is 10.0. The summed E-state index contributed by atoms with van der Waals surface area (Å²) in [7, 11) is 0. The van der Waals surface area contributed by atoms with Gasteiger partial charge in [-0.2, -0.15) is 0 Å². The summed E-state index contributed by atoms with van der Waals surface area (Å²) in [6.07, 6.45) is 6.91. The molecule has 2 aliphatic rings. The lowest BCUT2D eigenvalue weighted by Gasteiger charge is -2.39. The van der Waals surface area contributed by atoms with E-state index in [1.807, 2.05) is 12.1 Å². The number of rotatable bonds is 6. The number of aromatic nitrogens is 1. The Morgan fingerprint density at radius 1 is 1.38 bits per heavy atom. The molecule has 2 fully saturated rings. The van der Waals surface area contributed by atoms with Crippen molar-refractivity contribution in [3.8, 4) is 0 Å². The fraction of sp³-hybridized carbons (Fsp3) is 0.789. The zero-order chi connectivity index (χ0) is 18.5. The molecule has 3 heterocycles. The highest BCUT2D eigenvalue weighted by Gasteiger charge is 2.29. The van der Waals surface area contributed by atoms with Crippen LogP contribution in [0.1, 0.15) is 81.5 Å². The van der Waals surface area contributed by atoms with E-state index in [4.69, 9.17) is 4.52 Å². The van der Waals surface area contributed by atoms with E-state index in [0.717, 1.165) is 31.6 Å². The summed E-state index contributed by atoms with van der Waals surface area (Å²) < 4.78 is 10.3. The number of carbonyl (C=O) groups excluding carboxylic acids is 1. The first kappa shape index (κ1) is 19.7. The van der Waals surface area contributed by atoms with Crippen LogP contribution in [-0.2, 0) is 0 Å². The molecule has 0 spiro atoms. The van der Waals surface area contributed by atoms with Gasteiger partial charge in [0.1, 0.15) is 5.76 Å². The highest BCUT2D eigenvalue weighted by atomic mass is 32.2. The Hall–Kier alpha value is -1.05. The molecule has 3 atom stereocenters. The van der Waals surface area contributed by atoms with Gasteiger partial charge in [-0.1, -0.05) is 25.4 Å². The number of amides is 1. The average molecular weight is 381 g/mol. The van der Waals surface area contributed by atoms with E-state index in [-0.39, 0.29) is 11.9 Å². The number of hydrogen-bond donors (Lipinski definition) is 1. The topological polar surface area (TPSA) is 61.6 Å². The summed E-state index contributed by atoms with van der Waals surface area (Å²) >= 11 is 1.90. The molecule has 0 radical (unpaired) electrons. The van der Waals surface area contributed by atoms with Crippen molar-refractivity contribution >= 4 is 18.0 Å². The molecule has 26 heavy (non-hydrogen) atoms. The maximum absolute atomic E-state index is 12.5. The van der Waals surface area contributed by atoms with E-state index in [9.17, 15) is 4.79 Å². The zero-order valence-corrected chi connectivity index (χ0v) is 17.1. The molecule has 2 saturated heterocycles. The van der Waals surface area contributed by atoms with Gasteiger partial charge >= 0.3 is 0 Å². The summed E-state index contributed by atoms with van der Waals surface area (Å²) in [5.41, 5.74) is 0.401. The molecule has 1 aromatic rings. The second-order valence-electron chi connectivity index (χ2n) is 7.68. The van der Waals surface area contributed by atoms with Crippen molar-refractivity contribution < 1.29 is 9.32 Å². The second kappa shape index (κ2) is 9.24. The van der Waals surface area contributed by atoms with Crippen LogP contribution in [0.15, 0.2) is 10.6 Å². The molecule has 1 aromatic heterocycles. The summed E-state index contributed by atoms with van der Waals surface area (Å²) in [5.74, 6) is 0.968. The molecule has 3 rings (SSSR count). The van der Waals surface area contributed by atoms with E-state index in [2.05, 4.69) is 39.9 Å². The predicted molar refractivity (Wildman–Crippen MR) is 105 cm³/mol. The maximum atomic E-state index is 12.5. The lowest BCUT2D eigenvalue weighted by molar-refractivity contribution is 0.0906. The number of piperidine rings is 2. The van der Waals surface area contributed by atoms with Crippen LogP contribution in [0.25, 0.3) is 0 Å². The largest absolute Gasteiger partial charge is 0.360 e. The Bertz CT molecular complexity index is 588. The zero-order valence-electron chi connectivity index (χ0n) is 16.2. The van der Waals surface area contributed by atoms with Gasteiger partial charge in [-0.15, -0.1) is 0 Å². The van der Waals surface area contributed by atoms with Crippen LogP contribution in [0.2, 0.25) is 0 Å². The molecule has 6 nitrogen and oxygen atoms in total. The first-order valence-corrected chi connectivity index (χ1v) is 10.8. The van der Waals surface area contributed by atoms with Crippen LogP contribution in [-0.4, -0.2) is 51.4 Å². The highest BCUT2D eigenvalue weighted by molar-refractivity contribution is 7.94. The Kier molecular flexibility index (Phi) is 7.00. The molecule has 0 bridgehead atoms. The molecule has 1 N–H and O–H groups in total. The molecule has 2 aliphatic heterocycles. The first-order chi connectivity index (χ1) is 12.6. The van der Waals surface area contributed by atoms with Crippen molar-refractivity contribution in [3.63, 3.8) is 0 Å². The first-order valence-electron chi connectivity index (χ1n) is 10.0. The lowest BCUT2D eigenvalue weighted by Crippen LogP contribution is -2.47. The van der Waals surface area contributed by atoms with Crippen LogP contribution < -0.4 is 5.32 Å². The van der Waals surface area contributed by atoms with Gasteiger partial charge in [0.05, 0.1) is 0 Å². The van der Waals surface area contributed by atoms with Crippen molar-refractivity contribution in [2.24, 2.45) is 0 Å².